The van der Waals surface area contributed by atoms with Crippen LogP contribution in [0.15, 0.2) is 42.5 Å². The number of carbonyl (C=O) groups excluding carboxylic acids is 2. The van der Waals surface area contributed by atoms with Gasteiger partial charge in [0.1, 0.15) is 5.02 Å². The number of halogens is 1. The lowest BCUT2D eigenvalue weighted by atomic mass is 10.1. The molecule has 2 aromatic carbocycles. The number of nitrogens with one attached hydrogen (secondary N) is 2. The summed E-state index contributed by atoms with van der Waals surface area (Å²) in [4.78, 5) is 34.9. The second kappa shape index (κ2) is 8.93. The van der Waals surface area contributed by atoms with E-state index >= 15 is 0 Å². The van der Waals surface area contributed by atoms with E-state index in [0.717, 1.165) is 6.07 Å². The van der Waals surface area contributed by atoms with Crippen molar-refractivity contribution in [2.24, 2.45) is 0 Å². The van der Waals surface area contributed by atoms with Crippen molar-refractivity contribution in [3.63, 3.8) is 0 Å². The predicted octanol–water partition coefficient (Wildman–Crippen LogP) is 2.88. The molecule has 0 aliphatic heterocycles. The molecule has 0 unspecified atom stereocenters. The molecule has 0 saturated carbocycles. The van der Waals surface area contributed by atoms with Crippen molar-refractivity contribution in [3.05, 3.63) is 68.7 Å². The SMILES string of the molecule is COCCNC(=O)c1ccccc1NC(=O)c1ccc(Cl)c([N+](=O)[O-])c1. The van der Waals surface area contributed by atoms with Crippen LogP contribution in [0.2, 0.25) is 5.02 Å². The molecule has 26 heavy (non-hydrogen) atoms. The summed E-state index contributed by atoms with van der Waals surface area (Å²) < 4.78 is 4.87. The zero-order chi connectivity index (χ0) is 19.1. The Kier molecular flexibility index (Phi) is 6.65. The normalized spacial score (nSPS) is 10.2. The third-order valence-electron chi connectivity index (χ3n) is 3.42. The van der Waals surface area contributed by atoms with Crippen LogP contribution < -0.4 is 10.6 Å². The smallest absolute Gasteiger partial charge is 0.288 e. The Hall–Kier alpha value is -2.97. The van der Waals surface area contributed by atoms with Gasteiger partial charge in [-0.05, 0) is 24.3 Å². The molecule has 2 amide bonds. The molecule has 0 aliphatic carbocycles. The lowest BCUT2D eigenvalue weighted by molar-refractivity contribution is -0.384. The van der Waals surface area contributed by atoms with E-state index in [1.54, 1.807) is 24.3 Å². The molecular formula is C17H16ClN3O5. The summed E-state index contributed by atoms with van der Waals surface area (Å²) in [5.74, 6) is -0.970. The monoisotopic (exact) mass is 377 g/mol. The summed E-state index contributed by atoms with van der Waals surface area (Å²) in [6.45, 7) is 0.676. The number of methoxy groups -OCH3 is 1. The van der Waals surface area contributed by atoms with Gasteiger partial charge < -0.3 is 15.4 Å². The quantitative estimate of drug-likeness (QED) is 0.438. The first-order valence-corrected chi connectivity index (χ1v) is 7.93. The summed E-state index contributed by atoms with van der Waals surface area (Å²) in [5.41, 5.74) is 0.228. The molecule has 0 aromatic heterocycles. The van der Waals surface area contributed by atoms with Gasteiger partial charge in [0.2, 0.25) is 0 Å². The summed E-state index contributed by atoms with van der Waals surface area (Å²) in [7, 11) is 1.52. The predicted molar refractivity (Wildman–Crippen MR) is 96.7 cm³/mol. The average molecular weight is 378 g/mol. The third kappa shape index (κ3) is 4.78. The van der Waals surface area contributed by atoms with Gasteiger partial charge in [0.05, 0.1) is 22.8 Å². The zero-order valence-corrected chi connectivity index (χ0v) is 14.6. The van der Waals surface area contributed by atoms with Gasteiger partial charge in [-0.15, -0.1) is 0 Å². The van der Waals surface area contributed by atoms with Crippen molar-refractivity contribution in [2.45, 2.75) is 0 Å². The van der Waals surface area contributed by atoms with Crippen molar-refractivity contribution in [1.29, 1.82) is 0 Å². The minimum absolute atomic E-state index is 0.0516. The fourth-order valence-corrected chi connectivity index (χ4v) is 2.33. The Labute approximate surface area is 154 Å². The van der Waals surface area contributed by atoms with Crippen LogP contribution in [-0.4, -0.2) is 37.0 Å². The molecule has 136 valence electrons. The lowest BCUT2D eigenvalue weighted by Crippen LogP contribution is -2.28. The fraction of sp³-hybridized carbons (Fsp3) is 0.176. The van der Waals surface area contributed by atoms with E-state index < -0.39 is 10.8 Å². The zero-order valence-electron chi connectivity index (χ0n) is 13.8. The van der Waals surface area contributed by atoms with Crippen LogP contribution >= 0.6 is 11.6 Å². The summed E-state index contributed by atoms with van der Waals surface area (Å²) in [5, 5.41) is 16.1. The minimum atomic E-state index is -0.670. The largest absolute Gasteiger partial charge is 0.383 e. The van der Waals surface area contributed by atoms with Gasteiger partial charge in [0, 0.05) is 25.3 Å². The maximum absolute atomic E-state index is 12.4. The Balaban J connectivity index is 2.21. The van der Waals surface area contributed by atoms with E-state index in [1.807, 2.05) is 0 Å². The molecule has 8 nitrogen and oxygen atoms in total. The van der Waals surface area contributed by atoms with Crippen LogP contribution in [0.1, 0.15) is 20.7 Å². The molecule has 0 heterocycles. The number of ether oxygens (including phenoxy) is 1. The number of anilines is 1. The highest BCUT2D eigenvalue weighted by atomic mass is 35.5. The number of para-hydroxylation sites is 1. The van der Waals surface area contributed by atoms with Gasteiger partial charge in [-0.25, -0.2) is 0 Å². The molecule has 0 radical (unpaired) electrons. The molecule has 2 aromatic rings. The molecular weight excluding hydrogens is 362 g/mol. The number of hydrogen-bond donors (Lipinski definition) is 2. The highest BCUT2D eigenvalue weighted by Crippen LogP contribution is 2.26. The van der Waals surface area contributed by atoms with Crippen LogP contribution in [0, 0.1) is 10.1 Å². The Morgan fingerprint density at radius 3 is 2.62 bits per heavy atom. The van der Waals surface area contributed by atoms with E-state index in [0.29, 0.717) is 13.2 Å². The van der Waals surface area contributed by atoms with Crippen molar-refractivity contribution in [1.82, 2.24) is 5.32 Å². The molecule has 0 atom stereocenters. The van der Waals surface area contributed by atoms with Crippen LogP contribution in [0.4, 0.5) is 11.4 Å². The number of hydrogen-bond acceptors (Lipinski definition) is 5. The third-order valence-corrected chi connectivity index (χ3v) is 3.74. The van der Waals surface area contributed by atoms with Gasteiger partial charge in [-0.2, -0.15) is 0 Å². The number of rotatable bonds is 7. The molecule has 0 aliphatic rings. The number of nitro groups is 1. The van der Waals surface area contributed by atoms with E-state index in [-0.39, 0.29) is 33.4 Å². The number of amides is 2. The maximum atomic E-state index is 12.4. The highest BCUT2D eigenvalue weighted by Gasteiger charge is 2.18. The number of carbonyl (C=O) groups is 2. The standard InChI is InChI=1S/C17H16ClN3O5/c1-26-9-8-19-17(23)12-4-2-3-5-14(12)20-16(22)11-6-7-13(18)15(10-11)21(24)25/h2-7,10H,8-9H2,1H3,(H,19,23)(H,20,22). The number of nitro benzene ring substituents is 1. The van der Waals surface area contributed by atoms with Crippen molar-refractivity contribution >= 4 is 34.8 Å². The topological polar surface area (TPSA) is 111 Å². The van der Waals surface area contributed by atoms with Crippen LogP contribution in [0.25, 0.3) is 0 Å². The number of benzene rings is 2. The van der Waals surface area contributed by atoms with E-state index in [2.05, 4.69) is 10.6 Å². The van der Waals surface area contributed by atoms with Gasteiger partial charge in [-0.3, -0.25) is 19.7 Å². The first-order valence-electron chi connectivity index (χ1n) is 7.55. The van der Waals surface area contributed by atoms with Gasteiger partial charge in [0.15, 0.2) is 0 Å². The van der Waals surface area contributed by atoms with Gasteiger partial charge in [0.25, 0.3) is 17.5 Å². The average Bonchev–Trinajstić information content (AvgIpc) is 2.62. The number of nitrogens with zero attached hydrogens (tertiary/aromatic N) is 1. The first-order chi connectivity index (χ1) is 12.4. The highest BCUT2D eigenvalue weighted by molar-refractivity contribution is 6.32. The van der Waals surface area contributed by atoms with Gasteiger partial charge >= 0.3 is 0 Å². The molecule has 0 fully saturated rings. The summed E-state index contributed by atoms with van der Waals surface area (Å²) >= 11 is 5.75. The molecule has 9 heteroatoms. The van der Waals surface area contributed by atoms with E-state index in [9.17, 15) is 19.7 Å². The van der Waals surface area contributed by atoms with Crippen LogP contribution in [-0.2, 0) is 4.74 Å². The molecule has 2 rings (SSSR count). The maximum Gasteiger partial charge on any atom is 0.288 e. The Morgan fingerprint density at radius 2 is 1.92 bits per heavy atom. The Bertz CT molecular complexity index is 841. The lowest BCUT2D eigenvalue weighted by Gasteiger charge is -2.11. The van der Waals surface area contributed by atoms with Crippen molar-refractivity contribution in [2.75, 3.05) is 25.6 Å². The molecule has 0 saturated heterocycles. The fourth-order valence-electron chi connectivity index (χ4n) is 2.14. The molecule has 2 N–H and O–H groups in total. The molecule has 0 spiro atoms. The molecule has 0 bridgehead atoms. The van der Waals surface area contributed by atoms with Crippen molar-refractivity contribution in [3.8, 4) is 0 Å². The van der Waals surface area contributed by atoms with Crippen LogP contribution in [0.5, 0.6) is 0 Å². The summed E-state index contributed by atoms with van der Waals surface area (Å²) in [6, 6.07) is 10.2. The Morgan fingerprint density at radius 1 is 1.19 bits per heavy atom. The minimum Gasteiger partial charge on any atom is -0.383 e. The van der Waals surface area contributed by atoms with E-state index in [1.165, 1.54) is 19.2 Å². The van der Waals surface area contributed by atoms with Gasteiger partial charge in [-0.1, -0.05) is 23.7 Å². The second-order valence-electron chi connectivity index (χ2n) is 5.17. The van der Waals surface area contributed by atoms with E-state index in [4.69, 9.17) is 16.3 Å². The first kappa shape index (κ1) is 19.4. The van der Waals surface area contributed by atoms with Crippen LogP contribution in [0.3, 0.4) is 0 Å². The summed E-state index contributed by atoms with van der Waals surface area (Å²) in [6.07, 6.45) is 0. The second-order valence-corrected chi connectivity index (χ2v) is 5.58. The van der Waals surface area contributed by atoms with Crippen molar-refractivity contribution < 1.29 is 19.2 Å².